The molecule has 4 rings (SSSR count). The van der Waals surface area contributed by atoms with E-state index in [1.54, 1.807) is 17.0 Å². The predicted octanol–water partition coefficient (Wildman–Crippen LogP) is 3.91. The van der Waals surface area contributed by atoms with E-state index in [9.17, 15) is 13.2 Å². The fraction of sp³-hybridized carbons (Fsp3) is 0.269. The second-order valence-corrected chi connectivity index (χ2v) is 10.1. The normalized spacial score (nSPS) is 15.5. The maximum Gasteiger partial charge on any atom is 0.243 e. The van der Waals surface area contributed by atoms with E-state index in [0.29, 0.717) is 12.2 Å². The standard InChI is InChI=1S/C26H28N2O4S/c1-20-18-22-10-6-7-11-25(22)28(20)26(29)19-27(17-16-21-8-4-3-5-9-21)33(30,31)24-14-12-23(32-2)13-15-24/h3-15,20H,16-19H2,1-2H3. The van der Waals surface area contributed by atoms with Gasteiger partial charge in [-0.25, -0.2) is 8.42 Å². The van der Waals surface area contributed by atoms with Gasteiger partial charge in [0.15, 0.2) is 0 Å². The van der Waals surface area contributed by atoms with Crippen molar-refractivity contribution in [1.82, 2.24) is 4.31 Å². The van der Waals surface area contributed by atoms with E-state index in [-0.39, 0.29) is 29.9 Å². The molecule has 0 aromatic heterocycles. The quantitative estimate of drug-likeness (QED) is 0.507. The number of fused-ring (bicyclic) bond motifs is 1. The molecule has 0 spiro atoms. The Hall–Kier alpha value is -3.16. The summed E-state index contributed by atoms with van der Waals surface area (Å²) < 4.78 is 33.5. The molecule has 1 aliphatic heterocycles. The highest BCUT2D eigenvalue weighted by Crippen LogP contribution is 2.32. The van der Waals surface area contributed by atoms with Crippen molar-refractivity contribution < 1.29 is 17.9 Å². The second-order valence-electron chi connectivity index (χ2n) is 8.20. The van der Waals surface area contributed by atoms with Crippen LogP contribution >= 0.6 is 0 Å². The number of sulfonamides is 1. The molecule has 1 aliphatic rings. The van der Waals surface area contributed by atoms with Crippen LogP contribution in [0.1, 0.15) is 18.1 Å². The van der Waals surface area contributed by atoms with E-state index in [1.807, 2.05) is 61.5 Å². The van der Waals surface area contributed by atoms with E-state index in [2.05, 4.69) is 0 Å². The van der Waals surface area contributed by atoms with Crippen LogP contribution in [0.25, 0.3) is 0 Å². The Morgan fingerprint density at radius 3 is 2.36 bits per heavy atom. The summed E-state index contributed by atoms with van der Waals surface area (Å²) in [4.78, 5) is 15.3. The predicted molar refractivity (Wildman–Crippen MR) is 129 cm³/mol. The monoisotopic (exact) mass is 464 g/mol. The van der Waals surface area contributed by atoms with Gasteiger partial charge in [-0.05, 0) is 61.2 Å². The summed E-state index contributed by atoms with van der Waals surface area (Å²) in [6.07, 6.45) is 1.27. The molecule has 33 heavy (non-hydrogen) atoms. The average Bonchev–Trinajstić information content (AvgIpc) is 3.18. The third-order valence-electron chi connectivity index (χ3n) is 5.98. The summed E-state index contributed by atoms with van der Waals surface area (Å²) in [6, 6.07) is 23.7. The summed E-state index contributed by atoms with van der Waals surface area (Å²) in [6.45, 7) is 1.97. The molecule has 0 fully saturated rings. The van der Waals surface area contributed by atoms with E-state index in [1.165, 1.54) is 23.5 Å². The van der Waals surface area contributed by atoms with Gasteiger partial charge in [-0.1, -0.05) is 48.5 Å². The molecule has 7 heteroatoms. The summed E-state index contributed by atoms with van der Waals surface area (Å²) >= 11 is 0. The first-order chi connectivity index (χ1) is 15.9. The third kappa shape index (κ3) is 4.94. The third-order valence-corrected chi connectivity index (χ3v) is 7.84. The molecule has 0 aliphatic carbocycles. The minimum Gasteiger partial charge on any atom is -0.497 e. The minimum atomic E-state index is -3.89. The van der Waals surface area contributed by atoms with Crippen molar-refractivity contribution in [1.29, 1.82) is 0 Å². The van der Waals surface area contributed by atoms with Gasteiger partial charge in [0.05, 0.1) is 18.6 Å². The molecule has 0 N–H and O–H groups in total. The van der Waals surface area contributed by atoms with Crippen molar-refractivity contribution in [2.75, 3.05) is 25.1 Å². The molecule has 3 aromatic carbocycles. The van der Waals surface area contributed by atoms with Gasteiger partial charge in [0.25, 0.3) is 0 Å². The first-order valence-electron chi connectivity index (χ1n) is 11.0. The highest BCUT2D eigenvalue weighted by Gasteiger charge is 2.34. The highest BCUT2D eigenvalue weighted by molar-refractivity contribution is 7.89. The lowest BCUT2D eigenvalue weighted by molar-refractivity contribution is -0.119. The zero-order valence-electron chi connectivity index (χ0n) is 18.8. The van der Waals surface area contributed by atoms with Gasteiger partial charge >= 0.3 is 0 Å². The van der Waals surface area contributed by atoms with Crippen LogP contribution in [-0.4, -0.2) is 44.9 Å². The topological polar surface area (TPSA) is 66.9 Å². The van der Waals surface area contributed by atoms with Gasteiger partial charge < -0.3 is 9.64 Å². The van der Waals surface area contributed by atoms with Crippen LogP contribution in [0.2, 0.25) is 0 Å². The van der Waals surface area contributed by atoms with Crippen molar-refractivity contribution in [3.05, 3.63) is 90.0 Å². The Morgan fingerprint density at radius 1 is 1.00 bits per heavy atom. The van der Waals surface area contributed by atoms with E-state index in [0.717, 1.165) is 23.2 Å². The van der Waals surface area contributed by atoms with Gasteiger partial charge in [0.1, 0.15) is 5.75 Å². The number of amides is 1. The van der Waals surface area contributed by atoms with Gasteiger partial charge in [-0.15, -0.1) is 0 Å². The molecule has 0 saturated carbocycles. The number of carbonyl (C=O) groups is 1. The lowest BCUT2D eigenvalue weighted by atomic mass is 10.1. The van der Waals surface area contributed by atoms with Gasteiger partial charge in [-0.3, -0.25) is 4.79 Å². The number of methoxy groups -OCH3 is 1. The van der Waals surface area contributed by atoms with Crippen LogP contribution in [0.15, 0.2) is 83.8 Å². The van der Waals surface area contributed by atoms with Crippen molar-refractivity contribution in [3.63, 3.8) is 0 Å². The molecule has 6 nitrogen and oxygen atoms in total. The number of nitrogens with zero attached hydrogens (tertiary/aromatic N) is 2. The number of anilines is 1. The smallest absolute Gasteiger partial charge is 0.243 e. The lowest BCUT2D eigenvalue weighted by Gasteiger charge is -2.27. The van der Waals surface area contributed by atoms with E-state index in [4.69, 9.17) is 4.74 Å². The molecule has 0 radical (unpaired) electrons. The van der Waals surface area contributed by atoms with Crippen LogP contribution in [0.4, 0.5) is 5.69 Å². The minimum absolute atomic E-state index is 0.0189. The molecule has 1 heterocycles. The molecule has 1 atom stereocenters. The van der Waals surface area contributed by atoms with Crippen LogP contribution in [-0.2, 0) is 27.7 Å². The first-order valence-corrected chi connectivity index (χ1v) is 12.4. The molecular formula is C26H28N2O4S. The summed E-state index contributed by atoms with van der Waals surface area (Å²) in [7, 11) is -2.35. The molecule has 1 amide bonds. The van der Waals surface area contributed by atoms with Crippen LogP contribution in [0.5, 0.6) is 5.75 Å². The maximum atomic E-state index is 13.5. The van der Waals surface area contributed by atoms with Crippen molar-refractivity contribution >= 4 is 21.6 Å². The Kier molecular flexibility index (Phi) is 6.81. The van der Waals surface area contributed by atoms with Crippen molar-refractivity contribution in [3.8, 4) is 5.75 Å². The van der Waals surface area contributed by atoms with E-state index < -0.39 is 10.0 Å². The first kappa shape index (κ1) is 23.0. The number of carbonyl (C=O) groups excluding carboxylic acids is 1. The fourth-order valence-corrected chi connectivity index (χ4v) is 5.64. The zero-order valence-corrected chi connectivity index (χ0v) is 19.7. The molecule has 1 unspecified atom stereocenters. The zero-order chi connectivity index (χ0) is 23.4. The van der Waals surface area contributed by atoms with Crippen LogP contribution in [0.3, 0.4) is 0 Å². The average molecular weight is 465 g/mol. The Bertz CT molecular complexity index is 1210. The number of para-hydroxylation sites is 1. The number of hydrogen-bond donors (Lipinski definition) is 0. The lowest BCUT2D eigenvalue weighted by Crippen LogP contribution is -2.45. The van der Waals surface area contributed by atoms with Gasteiger partial charge in [0, 0.05) is 18.3 Å². The summed E-state index contributed by atoms with van der Waals surface area (Å²) in [5.74, 6) is 0.348. The Labute approximate surface area is 195 Å². The van der Waals surface area contributed by atoms with E-state index >= 15 is 0 Å². The number of rotatable bonds is 8. The Balaban J connectivity index is 1.61. The van der Waals surface area contributed by atoms with Crippen LogP contribution < -0.4 is 9.64 Å². The Morgan fingerprint density at radius 2 is 1.67 bits per heavy atom. The number of hydrogen-bond acceptors (Lipinski definition) is 4. The highest BCUT2D eigenvalue weighted by atomic mass is 32.2. The molecule has 172 valence electrons. The molecule has 0 saturated heterocycles. The van der Waals surface area contributed by atoms with Gasteiger partial charge in [0.2, 0.25) is 15.9 Å². The summed E-state index contributed by atoms with van der Waals surface area (Å²) in [5.41, 5.74) is 2.98. The SMILES string of the molecule is COc1ccc(S(=O)(=O)N(CCc2ccccc2)CC(=O)N2c3ccccc3CC2C)cc1. The molecule has 0 bridgehead atoms. The summed E-state index contributed by atoms with van der Waals surface area (Å²) in [5, 5.41) is 0. The maximum absolute atomic E-state index is 13.5. The molecular weight excluding hydrogens is 436 g/mol. The molecule has 3 aromatic rings. The number of benzene rings is 3. The van der Waals surface area contributed by atoms with Crippen LogP contribution in [0, 0.1) is 0 Å². The van der Waals surface area contributed by atoms with Crippen molar-refractivity contribution in [2.24, 2.45) is 0 Å². The van der Waals surface area contributed by atoms with Gasteiger partial charge in [-0.2, -0.15) is 4.31 Å². The largest absolute Gasteiger partial charge is 0.497 e. The fourth-order valence-electron chi connectivity index (χ4n) is 4.25. The second kappa shape index (κ2) is 9.77. The van der Waals surface area contributed by atoms with Crippen molar-refractivity contribution in [2.45, 2.75) is 30.7 Å². The number of ether oxygens (including phenoxy) is 1.